The molecular formula is C14H13N3O4. The van der Waals surface area contributed by atoms with Crippen molar-refractivity contribution in [1.29, 1.82) is 0 Å². The Morgan fingerprint density at radius 1 is 1.33 bits per heavy atom. The second-order valence-corrected chi connectivity index (χ2v) is 4.36. The lowest BCUT2D eigenvalue weighted by molar-refractivity contribution is -0.383. The maximum absolute atomic E-state index is 11.5. The van der Waals surface area contributed by atoms with E-state index in [-0.39, 0.29) is 16.9 Å². The van der Waals surface area contributed by atoms with Gasteiger partial charge in [0.15, 0.2) is 0 Å². The Kier molecular flexibility index (Phi) is 4.13. The summed E-state index contributed by atoms with van der Waals surface area (Å²) in [5, 5.41) is 14.0. The van der Waals surface area contributed by atoms with Crippen molar-refractivity contribution in [1.82, 2.24) is 4.98 Å². The van der Waals surface area contributed by atoms with E-state index < -0.39 is 10.9 Å². The monoisotopic (exact) mass is 287 g/mol. The number of hydrogen-bond acceptors (Lipinski definition) is 6. The fourth-order valence-corrected chi connectivity index (χ4v) is 1.82. The van der Waals surface area contributed by atoms with Gasteiger partial charge < -0.3 is 10.1 Å². The third-order valence-corrected chi connectivity index (χ3v) is 2.77. The number of ether oxygens (including phenoxy) is 1. The van der Waals surface area contributed by atoms with Gasteiger partial charge >= 0.3 is 5.97 Å². The van der Waals surface area contributed by atoms with E-state index in [9.17, 15) is 14.9 Å². The molecule has 7 heteroatoms. The van der Waals surface area contributed by atoms with Gasteiger partial charge in [-0.1, -0.05) is 0 Å². The van der Waals surface area contributed by atoms with Crippen LogP contribution in [0.5, 0.6) is 0 Å². The van der Waals surface area contributed by atoms with Gasteiger partial charge in [-0.3, -0.25) is 15.1 Å². The van der Waals surface area contributed by atoms with Crippen LogP contribution in [0, 0.1) is 17.0 Å². The second-order valence-electron chi connectivity index (χ2n) is 4.36. The number of nitrogens with one attached hydrogen (secondary N) is 1. The fraction of sp³-hybridized carbons (Fsp3) is 0.143. The molecule has 0 fully saturated rings. The number of nitro benzene ring substituents is 1. The van der Waals surface area contributed by atoms with Crippen molar-refractivity contribution >= 4 is 23.0 Å². The predicted octanol–water partition coefficient (Wildman–Crippen LogP) is 2.83. The van der Waals surface area contributed by atoms with E-state index >= 15 is 0 Å². The molecule has 0 saturated heterocycles. The van der Waals surface area contributed by atoms with Gasteiger partial charge in [-0.2, -0.15) is 0 Å². The first kappa shape index (κ1) is 14.4. The molecule has 0 aliphatic carbocycles. The first-order valence-corrected chi connectivity index (χ1v) is 6.06. The number of nitro groups is 1. The van der Waals surface area contributed by atoms with Crippen LogP contribution in [0.1, 0.15) is 15.9 Å². The lowest BCUT2D eigenvalue weighted by Gasteiger charge is -2.09. The van der Waals surface area contributed by atoms with Crippen LogP contribution < -0.4 is 5.32 Å². The summed E-state index contributed by atoms with van der Waals surface area (Å²) in [6.45, 7) is 1.86. The van der Waals surface area contributed by atoms with Crippen LogP contribution in [0.25, 0.3) is 0 Å². The molecule has 2 rings (SSSR count). The Morgan fingerprint density at radius 2 is 2.10 bits per heavy atom. The van der Waals surface area contributed by atoms with Crippen molar-refractivity contribution < 1.29 is 14.5 Å². The Morgan fingerprint density at radius 3 is 2.71 bits per heavy atom. The number of carbonyl (C=O) groups is 1. The van der Waals surface area contributed by atoms with E-state index in [4.69, 9.17) is 0 Å². The van der Waals surface area contributed by atoms with Crippen LogP contribution in [-0.4, -0.2) is 23.0 Å². The number of nitrogens with zero attached hydrogens (tertiary/aromatic N) is 2. The smallest absolute Gasteiger partial charge is 0.337 e. The van der Waals surface area contributed by atoms with Crippen LogP contribution in [0.4, 0.5) is 17.1 Å². The van der Waals surface area contributed by atoms with Crippen LogP contribution in [0.3, 0.4) is 0 Å². The van der Waals surface area contributed by atoms with Crippen molar-refractivity contribution in [3.8, 4) is 0 Å². The predicted molar refractivity (Wildman–Crippen MR) is 76.7 cm³/mol. The molecule has 0 aliphatic rings. The highest BCUT2D eigenvalue weighted by Crippen LogP contribution is 2.28. The highest BCUT2D eigenvalue weighted by Gasteiger charge is 2.17. The van der Waals surface area contributed by atoms with E-state index in [1.54, 1.807) is 18.5 Å². The van der Waals surface area contributed by atoms with Crippen LogP contribution in [0.15, 0.2) is 36.7 Å². The zero-order chi connectivity index (χ0) is 15.4. The molecule has 2 aromatic rings. The molecule has 0 aliphatic heterocycles. The van der Waals surface area contributed by atoms with Gasteiger partial charge in [0.05, 0.1) is 29.5 Å². The van der Waals surface area contributed by atoms with Crippen molar-refractivity contribution in [3.63, 3.8) is 0 Å². The quantitative estimate of drug-likeness (QED) is 0.528. The Balaban J connectivity index is 2.43. The first-order valence-electron chi connectivity index (χ1n) is 6.06. The second kappa shape index (κ2) is 6.00. The molecule has 0 bridgehead atoms. The number of esters is 1. The standard InChI is InChI=1S/C14H13N3O4/c1-9-5-11(8-15-7-9)16-12-6-10(14(18)21-2)3-4-13(12)17(19)20/h3-8,16H,1-2H3. The van der Waals surface area contributed by atoms with E-state index in [1.165, 1.54) is 25.3 Å². The average Bonchev–Trinajstić information content (AvgIpc) is 2.46. The van der Waals surface area contributed by atoms with Gasteiger partial charge in [-0.15, -0.1) is 0 Å². The highest BCUT2D eigenvalue weighted by atomic mass is 16.6. The minimum Gasteiger partial charge on any atom is -0.465 e. The number of aromatic nitrogens is 1. The van der Waals surface area contributed by atoms with Gasteiger partial charge in [0.25, 0.3) is 5.69 Å². The molecule has 0 amide bonds. The van der Waals surface area contributed by atoms with Crippen LogP contribution >= 0.6 is 0 Å². The average molecular weight is 287 g/mol. The molecule has 0 unspecified atom stereocenters. The summed E-state index contributed by atoms with van der Waals surface area (Å²) < 4.78 is 4.61. The van der Waals surface area contributed by atoms with Crippen molar-refractivity contribution in [2.45, 2.75) is 6.92 Å². The molecule has 1 heterocycles. The number of benzene rings is 1. The maximum Gasteiger partial charge on any atom is 0.337 e. The normalized spacial score (nSPS) is 10.0. The third kappa shape index (κ3) is 3.33. The van der Waals surface area contributed by atoms with E-state index in [1.807, 2.05) is 6.92 Å². The Bertz CT molecular complexity index is 700. The lowest BCUT2D eigenvalue weighted by atomic mass is 10.1. The summed E-state index contributed by atoms with van der Waals surface area (Å²) >= 11 is 0. The minimum absolute atomic E-state index is 0.135. The van der Waals surface area contributed by atoms with Gasteiger partial charge in [0.2, 0.25) is 0 Å². The minimum atomic E-state index is -0.560. The van der Waals surface area contributed by atoms with Crippen LogP contribution in [-0.2, 0) is 4.74 Å². The summed E-state index contributed by atoms with van der Waals surface area (Å²) in [4.78, 5) is 26.1. The largest absolute Gasteiger partial charge is 0.465 e. The van der Waals surface area contributed by atoms with Crippen molar-refractivity contribution in [3.05, 3.63) is 57.9 Å². The summed E-state index contributed by atoms with van der Waals surface area (Å²) in [6.07, 6.45) is 3.21. The number of methoxy groups -OCH3 is 1. The molecule has 108 valence electrons. The topological polar surface area (TPSA) is 94.4 Å². The van der Waals surface area contributed by atoms with E-state index in [2.05, 4.69) is 15.0 Å². The van der Waals surface area contributed by atoms with Crippen molar-refractivity contribution in [2.75, 3.05) is 12.4 Å². The lowest BCUT2D eigenvalue weighted by Crippen LogP contribution is -2.04. The molecule has 0 saturated carbocycles. The molecule has 0 spiro atoms. The summed E-state index contributed by atoms with van der Waals surface area (Å²) in [6, 6.07) is 5.79. The third-order valence-electron chi connectivity index (χ3n) is 2.77. The number of rotatable bonds is 4. The molecule has 7 nitrogen and oxygen atoms in total. The Labute approximate surface area is 120 Å². The maximum atomic E-state index is 11.5. The van der Waals surface area contributed by atoms with E-state index in [0.717, 1.165) is 5.56 Å². The van der Waals surface area contributed by atoms with Gasteiger partial charge in [-0.05, 0) is 30.7 Å². The van der Waals surface area contributed by atoms with Gasteiger partial charge in [-0.25, -0.2) is 4.79 Å². The van der Waals surface area contributed by atoms with Gasteiger partial charge in [0, 0.05) is 12.3 Å². The molecule has 0 radical (unpaired) electrons. The van der Waals surface area contributed by atoms with Crippen molar-refractivity contribution in [2.24, 2.45) is 0 Å². The first-order chi connectivity index (χ1) is 10.0. The molecule has 1 aromatic heterocycles. The molecule has 1 aromatic carbocycles. The summed E-state index contributed by atoms with van der Waals surface area (Å²) in [5.74, 6) is -0.560. The zero-order valence-electron chi connectivity index (χ0n) is 11.5. The van der Waals surface area contributed by atoms with Crippen LogP contribution in [0.2, 0.25) is 0 Å². The zero-order valence-corrected chi connectivity index (χ0v) is 11.5. The number of aryl methyl sites for hydroxylation is 1. The number of hydrogen-bond donors (Lipinski definition) is 1. The highest BCUT2D eigenvalue weighted by molar-refractivity contribution is 5.92. The summed E-state index contributed by atoms with van der Waals surface area (Å²) in [5.41, 5.74) is 1.80. The number of pyridine rings is 1. The Hall–Kier alpha value is -2.96. The van der Waals surface area contributed by atoms with Gasteiger partial charge in [0.1, 0.15) is 5.69 Å². The molecule has 0 atom stereocenters. The molecular weight excluding hydrogens is 274 g/mol. The fourth-order valence-electron chi connectivity index (χ4n) is 1.82. The number of carbonyl (C=O) groups excluding carboxylic acids is 1. The molecule has 21 heavy (non-hydrogen) atoms. The molecule has 1 N–H and O–H groups in total. The van der Waals surface area contributed by atoms with E-state index in [0.29, 0.717) is 5.69 Å². The number of anilines is 2. The summed E-state index contributed by atoms with van der Waals surface area (Å²) in [7, 11) is 1.25. The SMILES string of the molecule is COC(=O)c1ccc([N+](=O)[O-])c(Nc2cncc(C)c2)c1.